The van der Waals surface area contributed by atoms with Gasteiger partial charge in [-0.15, -0.1) is 0 Å². The highest BCUT2D eigenvalue weighted by atomic mass is 32.2. The predicted molar refractivity (Wildman–Crippen MR) is 56.4 cm³/mol. The van der Waals surface area contributed by atoms with E-state index in [1.165, 1.54) is 0 Å². The van der Waals surface area contributed by atoms with Crippen LogP contribution in [0.1, 0.15) is 13.3 Å². The first-order chi connectivity index (χ1) is 6.84. The van der Waals surface area contributed by atoms with Crippen molar-refractivity contribution in [1.82, 2.24) is 5.32 Å². The molecule has 0 aromatic rings. The zero-order chi connectivity index (χ0) is 11.9. The molecule has 1 rings (SSSR count). The molecule has 15 heavy (non-hydrogen) atoms. The van der Waals surface area contributed by atoms with Gasteiger partial charge in [-0.1, -0.05) is 6.92 Å². The monoisotopic (exact) mass is 241 g/mol. The van der Waals surface area contributed by atoms with E-state index in [1.807, 2.05) is 6.92 Å². The summed E-state index contributed by atoms with van der Waals surface area (Å²) in [5, 5.41) is 12.5. The summed E-state index contributed by atoms with van der Waals surface area (Å²) < 4.78 is 31.2. The molecular formula is C8H19NO5S. The molecule has 0 aromatic heterocycles. The molecule has 6 nitrogen and oxygen atoms in total. The smallest absolute Gasteiger partial charge is 0.261 e. The van der Waals surface area contributed by atoms with E-state index in [2.05, 4.69) is 5.32 Å². The van der Waals surface area contributed by atoms with Crippen molar-refractivity contribution in [1.29, 1.82) is 0 Å². The lowest BCUT2D eigenvalue weighted by molar-refractivity contribution is -0.0529. The van der Waals surface area contributed by atoms with Crippen LogP contribution in [0, 0.1) is 0 Å². The highest BCUT2D eigenvalue weighted by molar-refractivity contribution is 7.85. The van der Waals surface area contributed by atoms with E-state index in [1.54, 1.807) is 0 Å². The summed E-state index contributed by atoms with van der Waals surface area (Å²) in [6.07, 6.45) is 1.20. The average Bonchev–Trinajstić information content (AvgIpc) is 2.15. The molecule has 1 aliphatic rings. The molecule has 1 saturated heterocycles. The van der Waals surface area contributed by atoms with Gasteiger partial charge in [0.2, 0.25) is 0 Å². The van der Waals surface area contributed by atoms with E-state index < -0.39 is 10.1 Å². The Kier molecular flexibility index (Phi) is 7.03. The first-order valence-electron chi connectivity index (χ1n) is 4.77. The Morgan fingerprint density at radius 3 is 2.47 bits per heavy atom. The van der Waals surface area contributed by atoms with Gasteiger partial charge in [0, 0.05) is 13.1 Å². The number of nitrogens with one attached hydrogen (secondary N) is 1. The second-order valence-corrected chi connectivity index (χ2v) is 4.79. The molecule has 0 saturated carbocycles. The van der Waals surface area contributed by atoms with Crippen molar-refractivity contribution in [2.45, 2.75) is 25.6 Å². The highest BCUT2D eigenvalue weighted by Crippen LogP contribution is 2.04. The SMILES string of the molecule is CCC(O)C1CNCCO1.CS(=O)(=O)O. The van der Waals surface area contributed by atoms with Gasteiger partial charge < -0.3 is 15.2 Å². The molecule has 0 aromatic carbocycles. The van der Waals surface area contributed by atoms with Crippen LogP contribution in [-0.4, -0.2) is 56.2 Å². The van der Waals surface area contributed by atoms with Crippen LogP contribution in [0.4, 0.5) is 0 Å². The van der Waals surface area contributed by atoms with Crippen LogP contribution < -0.4 is 5.32 Å². The second-order valence-electron chi connectivity index (χ2n) is 3.32. The van der Waals surface area contributed by atoms with Crippen molar-refractivity contribution in [3.05, 3.63) is 0 Å². The first kappa shape index (κ1) is 14.8. The molecular weight excluding hydrogens is 222 g/mol. The Bertz CT molecular complexity index is 240. The van der Waals surface area contributed by atoms with Crippen LogP contribution in [0.3, 0.4) is 0 Å². The van der Waals surface area contributed by atoms with Gasteiger partial charge in [0.1, 0.15) is 0 Å². The lowest BCUT2D eigenvalue weighted by atomic mass is 10.1. The van der Waals surface area contributed by atoms with E-state index in [4.69, 9.17) is 9.29 Å². The summed E-state index contributed by atoms with van der Waals surface area (Å²) in [7, 11) is -3.67. The molecule has 3 N–H and O–H groups in total. The van der Waals surface area contributed by atoms with E-state index in [9.17, 15) is 13.5 Å². The Morgan fingerprint density at radius 1 is 1.60 bits per heavy atom. The fourth-order valence-corrected chi connectivity index (χ4v) is 1.10. The lowest BCUT2D eigenvalue weighted by Crippen LogP contribution is -2.44. The number of hydrogen-bond donors (Lipinski definition) is 3. The maximum Gasteiger partial charge on any atom is 0.261 e. The zero-order valence-corrected chi connectivity index (χ0v) is 9.83. The van der Waals surface area contributed by atoms with Crippen LogP contribution in [0.15, 0.2) is 0 Å². The van der Waals surface area contributed by atoms with Gasteiger partial charge >= 0.3 is 0 Å². The van der Waals surface area contributed by atoms with E-state index in [0.717, 1.165) is 26.1 Å². The van der Waals surface area contributed by atoms with Gasteiger partial charge in [0.15, 0.2) is 0 Å². The van der Waals surface area contributed by atoms with Crippen LogP contribution in [0.5, 0.6) is 0 Å². The van der Waals surface area contributed by atoms with Crippen LogP contribution in [-0.2, 0) is 14.9 Å². The van der Waals surface area contributed by atoms with E-state index in [0.29, 0.717) is 6.26 Å². The second kappa shape index (κ2) is 7.13. The topological polar surface area (TPSA) is 95.9 Å². The lowest BCUT2D eigenvalue weighted by Gasteiger charge is -2.26. The average molecular weight is 241 g/mol. The van der Waals surface area contributed by atoms with E-state index in [-0.39, 0.29) is 12.2 Å². The number of rotatable bonds is 2. The number of hydrogen-bond acceptors (Lipinski definition) is 5. The molecule has 1 aliphatic heterocycles. The minimum Gasteiger partial charge on any atom is -0.390 e. The summed E-state index contributed by atoms with van der Waals surface area (Å²) in [6.45, 7) is 4.38. The van der Waals surface area contributed by atoms with E-state index >= 15 is 0 Å². The van der Waals surface area contributed by atoms with Gasteiger partial charge in [0.25, 0.3) is 10.1 Å². The third-order valence-electron chi connectivity index (χ3n) is 1.80. The predicted octanol–water partition coefficient (Wildman–Crippen LogP) is -0.750. The summed E-state index contributed by atoms with van der Waals surface area (Å²) in [4.78, 5) is 0. The fraction of sp³-hybridized carbons (Fsp3) is 1.00. The third kappa shape index (κ3) is 10.1. The van der Waals surface area contributed by atoms with Gasteiger partial charge in [0.05, 0.1) is 25.1 Å². The minimum absolute atomic E-state index is 0.0127. The Balaban J connectivity index is 0.000000336. The molecule has 7 heteroatoms. The molecule has 0 bridgehead atoms. The van der Waals surface area contributed by atoms with Crippen LogP contribution >= 0.6 is 0 Å². The highest BCUT2D eigenvalue weighted by Gasteiger charge is 2.19. The van der Waals surface area contributed by atoms with Crippen molar-refractivity contribution in [2.24, 2.45) is 0 Å². The van der Waals surface area contributed by atoms with Gasteiger partial charge in [-0.3, -0.25) is 4.55 Å². The van der Waals surface area contributed by atoms with Crippen molar-refractivity contribution >= 4 is 10.1 Å². The van der Waals surface area contributed by atoms with Crippen molar-refractivity contribution in [3.63, 3.8) is 0 Å². The van der Waals surface area contributed by atoms with Crippen LogP contribution in [0.25, 0.3) is 0 Å². The summed E-state index contributed by atoms with van der Waals surface area (Å²) >= 11 is 0. The molecule has 0 radical (unpaired) electrons. The molecule has 0 spiro atoms. The number of ether oxygens (including phenoxy) is 1. The Labute approximate surface area is 90.4 Å². The third-order valence-corrected chi connectivity index (χ3v) is 1.80. The first-order valence-corrected chi connectivity index (χ1v) is 6.62. The number of morpholine rings is 1. The quantitative estimate of drug-likeness (QED) is 0.551. The fourth-order valence-electron chi connectivity index (χ4n) is 1.10. The molecule has 0 amide bonds. The normalized spacial score (nSPS) is 23.9. The van der Waals surface area contributed by atoms with Gasteiger partial charge in [-0.05, 0) is 6.42 Å². The van der Waals surface area contributed by atoms with Crippen molar-refractivity contribution in [2.75, 3.05) is 26.0 Å². The van der Waals surface area contributed by atoms with Gasteiger partial charge in [-0.2, -0.15) is 8.42 Å². The van der Waals surface area contributed by atoms with Gasteiger partial charge in [-0.25, -0.2) is 0 Å². The maximum atomic E-state index is 9.32. The maximum absolute atomic E-state index is 9.32. The number of aliphatic hydroxyl groups is 1. The summed E-state index contributed by atoms with van der Waals surface area (Å²) in [5.41, 5.74) is 0. The molecule has 0 aliphatic carbocycles. The molecule has 92 valence electrons. The molecule has 1 heterocycles. The summed E-state index contributed by atoms with van der Waals surface area (Å²) in [6, 6.07) is 0. The summed E-state index contributed by atoms with van der Waals surface area (Å²) in [5.74, 6) is 0. The largest absolute Gasteiger partial charge is 0.390 e. The number of aliphatic hydroxyl groups excluding tert-OH is 1. The molecule has 2 atom stereocenters. The Morgan fingerprint density at radius 2 is 2.13 bits per heavy atom. The van der Waals surface area contributed by atoms with Crippen LogP contribution in [0.2, 0.25) is 0 Å². The molecule has 2 unspecified atom stereocenters. The van der Waals surface area contributed by atoms with Crippen molar-refractivity contribution < 1.29 is 22.8 Å². The van der Waals surface area contributed by atoms with Crippen molar-refractivity contribution in [3.8, 4) is 0 Å². The Hall–Kier alpha value is -0.210. The zero-order valence-electron chi connectivity index (χ0n) is 9.01. The standard InChI is InChI=1S/C7H15NO2.CH4O3S/c1-2-6(9)7-5-8-3-4-10-7;1-5(2,3)4/h6-9H,2-5H2,1H3;1H3,(H,2,3,4). The molecule has 1 fully saturated rings. The minimum atomic E-state index is -3.67.